The van der Waals surface area contributed by atoms with Gasteiger partial charge in [-0.05, 0) is 37.3 Å². The molecule has 142 valence electrons. The first kappa shape index (κ1) is 20.3. The number of hydrogen-bond acceptors (Lipinski definition) is 8. The number of carbonyl (C=O) groups excluding carboxylic acids is 1. The molecule has 0 amide bonds. The second-order valence-corrected chi connectivity index (χ2v) is 5.44. The summed E-state index contributed by atoms with van der Waals surface area (Å²) in [4.78, 5) is 23.2. The van der Waals surface area contributed by atoms with E-state index in [0.717, 1.165) is 17.8 Å². The van der Waals surface area contributed by atoms with E-state index in [9.17, 15) is 14.9 Å². The lowest BCUT2D eigenvalue weighted by molar-refractivity contribution is -0.384. The second-order valence-electron chi connectivity index (χ2n) is 5.44. The number of hydrogen-bond donors (Lipinski definition) is 0. The van der Waals surface area contributed by atoms with E-state index in [2.05, 4.69) is 16.8 Å². The van der Waals surface area contributed by atoms with Crippen molar-refractivity contribution >= 4 is 28.7 Å². The molecule has 0 N–H and O–H groups in total. The first-order valence-electron chi connectivity index (χ1n) is 8.23. The Kier molecular flexibility index (Phi) is 6.93. The maximum Gasteiger partial charge on any atom is 0.331 e. The van der Waals surface area contributed by atoms with Gasteiger partial charge in [-0.1, -0.05) is 6.58 Å². The van der Waals surface area contributed by atoms with Gasteiger partial charge in [-0.25, -0.2) is 4.79 Å². The lowest BCUT2D eigenvalue weighted by atomic mass is 10.2. The molecule has 0 aliphatic rings. The Hall–Kier alpha value is -4.06. The monoisotopic (exact) mass is 379 g/mol. The molecule has 2 aromatic rings. The van der Waals surface area contributed by atoms with Gasteiger partial charge in [0.1, 0.15) is 11.8 Å². The van der Waals surface area contributed by atoms with Crippen molar-refractivity contribution in [3.8, 4) is 6.07 Å². The lowest BCUT2D eigenvalue weighted by Crippen LogP contribution is -2.27. The Morgan fingerprint density at radius 1 is 1.32 bits per heavy atom. The number of nitro benzene ring substituents is 1. The summed E-state index contributed by atoms with van der Waals surface area (Å²) in [7, 11) is 0. The first-order valence-corrected chi connectivity index (χ1v) is 8.23. The van der Waals surface area contributed by atoms with Crippen LogP contribution in [0.5, 0.6) is 0 Å². The van der Waals surface area contributed by atoms with Gasteiger partial charge in [-0.3, -0.25) is 10.1 Å². The minimum atomic E-state index is -0.577. The van der Waals surface area contributed by atoms with Crippen LogP contribution in [-0.4, -0.2) is 24.2 Å². The van der Waals surface area contributed by atoms with Gasteiger partial charge >= 0.3 is 5.97 Å². The fraction of sp³-hybridized carbons (Fsp3) is 0.158. The summed E-state index contributed by atoms with van der Waals surface area (Å²) in [5.74, 6) is -0.500. The van der Waals surface area contributed by atoms with Crippen molar-refractivity contribution in [2.75, 3.05) is 18.2 Å². The van der Waals surface area contributed by atoms with E-state index in [-0.39, 0.29) is 23.7 Å². The molecule has 9 heteroatoms. The summed E-state index contributed by atoms with van der Waals surface area (Å²) in [6.07, 6.45) is 1.10. The van der Waals surface area contributed by atoms with Gasteiger partial charge in [0.2, 0.25) is 0 Å². The van der Waals surface area contributed by atoms with E-state index in [1.165, 1.54) is 12.1 Å². The highest BCUT2D eigenvalue weighted by Crippen LogP contribution is 2.27. The first-order chi connectivity index (χ1) is 13.5. The topological polar surface area (TPSA) is 121 Å². The fourth-order valence-corrected chi connectivity index (χ4v) is 2.20. The molecular weight excluding hydrogens is 362 g/mol. The number of anilines is 1. The highest BCUT2D eigenvalue weighted by atomic mass is 16.6. The lowest BCUT2D eigenvalue weighted by Gasteiger charge is -2.22. The van der Waals surface area contributed by atoms with Crippen LogP contribution in [0.3, 0.4) is 0 Å². The van der Waals surface area contributed by atoms with Crippen molar-refractivity contribution in [1.29, 1.82) is 5.26 Å². The number of esters is 1. The van der Waals surface area contributed by atoms with Crippen LogP contribution < -0.4 is 4.90 Å². The third-order valence-electron chi connectivity index (χ3n) is 3.71. The van der Waals surface area contributed by atoms with E-state index in [1.54, 1.807) is 24.3 Å². The molecule has 0 fully saturated rings. The summed E-state index contributed by atoms with van der Waals surface area (Å²) in [5, 5.41) is 28.0. The standard InChI is InChI=1S/C19H17N5O4/c1-3-19(25)28-13-23(4-2)16-7-5-15(6-8-16)21-22-18-10-9-17(24(26)27)11-14(18)12-20/h3,5-11H,1,4,13H2,2H3. The Bertz CT molecular complexity index is 948. The van der Waals surface area contributed by atoms with Crippen LogP contribution >= 0.6 is 0 Å². The van der Waals surface area contributed by atoms with Crippen molar-refractivity contribution < 1.29 is 14.5 Å². The van der Waals surface area contributed by atoms with Crippen molar-refractivity contribution in [3.63, 3.8) is 0 Å². The van der Waals surface area contributed by atoms with Crippen molar-refractivity contribution in [1.82, 2.24) is 0 Å². The average molecular weight is 379 g/mol. The molecule has 0 saturated carbocycles. The molecule has 0 aliphatic carbocycles. The number of carbonyl (C=O) groups is 1. The molecule has 0 aromatic heterocycles. The Balaban J connectivity index is 2.13. The molecule has 28 heavy (non-hydrogen) atoms. The zero-order chi connectivity index (χ0) is 20.5. The Morgan fingerprint density at radius 2 is 2.04 bits per heavy atom. The smallest absolute Gasteiger partial charge is 0.331 e. The maximum atomic E-state index is 11.2. The van der Waals surface area contributed by atoms with Crippen molar-refractivity contribution in [2.45, 2.75) is 6.92 Å². The summed E-state index contributed by atoms with van der Waals surface area (Å²) in [6.45, 7) is 5.99. The largest absolute Gasteiger partial charge is 0.441 e. The predicted octanol–water partition coefficient (Wildman–Crippen LogP) is 4.39. The number of benzene rings is 2. The second kappa shape index (κ2) is 9.59. The van der Waals surface area contributed by atoms with Gasteiger partial charge in [0.15, 0.2) is 6.73 Å². The molecule has 2 rings (SSSR count). The highest BCUT2D eigenvalue weighted by Gasteiger charge is 2.10. The van der Waals surface area contributed by atoms with Gasteiger partial charge in [0, 0.05) is 30.4 Å². The zero-order valence-corrected chi connectivity index (χ0v) is 15.1. The van der Waals surface area contributed by atoms with Gasteiger partial charge in [-0.2, -0.15) is 10.4 Å². The Labute approximate surface area is 161 Å². The summed E-state index contributed by atoms with van der Waals surface area (Å²) in [6, 6.07) is 12.7. The molecule has 0 atom stereocenters. The van der Waals surface area contributed by atoms with Crippen molar-refractivity contribution in [3.05, 3.63) is 70.8 Å². The van der Waals surface area contributed by atoms with E-state index in [0.29, 0.717) is 12.2 Å². The number of nitro groups is 1. The molecular formula is C19H17N5O4. The maximum absolute atomic E-state index is 11.2. The molecule has 0 spiro atoms. The number of ether oxygens (including phenoxy) is 1. The van der Waals surface area contributed by atoms with Gasteiger partial charge < -0.3 is 9.64 Å². The highest BCUT2D eigenvalue weighted by molar-refractivity contribution is 5.81. The third-order valence-corrected chi connectivity index (χ3v) is 3.71. The van der Waals surface area contributed by atoms with E-state index >= 15 is 0 Å². The number of non-ortho nitro benzene ring substituents is 1. The van der Waals surface area contributed by atoms with Crippen LogP contribution in [0.1, 0.15) is 12.5 Å². The molecule has 0 heterocycles. The number of nitriles is 1. The van der Waals surface area contributed by atoms with E-state index in [4.69, 9.17) is 10.00 Å². The summed E-state index contributed by atoms with van der Waals surface area (Å²) in [5.41, 5.74) is 1.48. The number of rotatable bonds is 8. The molecule has 9 nitrogen and oxygen atoms in total. The van der Waals surface area contributed by atoms with Gasteiger partial charge in [-0.15, -0.1) is 5.11 Å². The molecule has 0 bridgehead atoms. The summed E-state index contributed by atoms with van der Waals surface area (Å²) < 4.78 is 5.03. The van der Waals surface area contributed by atoms with E-state index < -0.39 is 10.9 Å². The molecule has 0 unspecified atom stereocenters. The normalized spacial score (nSPS) is 10.3. The quantitative estimate of drug-likeness (QED) is 0.167. The van der Waals surface area contributed by atoms with Crippen LogP contribution in [0.25, 0.3) is 0 Å². The van der Waals surface area contributed by atoms with Crippen LogP contribution in [0, 0.1) is 21.4 Å². The van der Waals surface area contributed by atoms with Crippen molar-refractivity contribution in [2.24, 2.45) is 10.2 Å². The van der Waals surface area contributed by atoms with Crippen LogP contribution in [-0.2, 0) is 9.53 Å². The average Bonchev–Trinajstić information content (AvgIpc) is 2.72. The minimum absolute atomic E-state index is 0.0655. The van der Waals surface area contributed by atoms with Crippen LogP contribution in [0.2, 0.25) is 0 Å². The predicted molar refractivity (Wildman–Crippen MR) is 103 cm³/mol. The molecule has 0 radical (unpaired) electrons. The molecule has 0 saturated heterocycles. The third kappa shape index (κ3) is 5.22. The van der Waals surface area contributed by atoms with Gasteiger partial charge in [0.05, 0.1) is 16.2 Å². The zero-order valence-electron chi connectivity index (χ0n) is 15.1. The minimum Gasteiger partial charge on any atom is -0.441 e. The molecule has 0 aliphatic heterocycles. The van der Waals surface area contributed by atoms with Crippen LogP contribution in [0.4, 0.5) is 22.7 Å². The summed E-state index contributed by atoms with van der Waals surface area (Å²) >= 11 is 0. The number of azo groups is 1. The molecule has 2 aromatic carbocycles. The van der Waals surface area contributed by atoms with E-state index in [1.807, 2.05) is 17.9 Å². The van der Waals surface area contributed by atoms with Gasteiger partial charge in [0.25, 0.3) is 5.69 Å². The SMILES string of the molecule is C=CC(=O)OCN(CC)c1ccc(N=Nc2ccc([N+](=O)[O-])cc2C#N)cc1. The number of nitrogens with zero attached hydrogens (tertiary/aromatic N) is 5. The van der Waals surface area contributed by atoms with Crippen LogP contribution in [0.15, 0.2) is 65.3 Å². The Morgan fingerprint density at radius 3 is 2.61 bits per heavy atom. The fourth-order valence-electron chi connectivity index (χ4n) is 2.20.